The number of hydrogen-bond donors (Lipinski definition) is 2. The van der Waals surface area contributed by atoms with Gasteiger partial charge in [-0.05, 0) is 17.9 Å². The number of rotatable bonds is 4. The number of alkyl halides is 6. The monoisotopic (exact) mass is 572 g/mol. The molecule has 0 saturated carbocycles. The van der Waals surface area contributed by atoms with Crippen molar-refractivity contribution in [3.63, 3.8) is 0 Å². The zero-order chi connectivity index (χ0) is 28.7. The van der Waals surface area contributed by atoms with Gasteiger partial charge in [-0.1, -0.05) is 6.07 Å². The van der Waals surface area contributed by atoms with E-state index in [0.717, 1.165) is 38.3 Å². The maximum Gasteiger partial charge on any atom is 0.490 e. The summed E-state index contributed by atoms with van der Waals surface area (Å²) in [6.07, 6.45) is -8.41. The average molecular weight is 572 g/mol. The summed E-state index contributed by atoms with van der Waals surface area (Å²) in [7, 11) is 1.66. The largest absolute Gasteiger partial charge is 0.490 e. The van der Waals surface area contributed by atoms with E-state index in [9.17, 15) is 31.1 Å². The molecule has 1 amide bonds. The Bertz CT molecular complexity index is 1060. The third-order valence-corrected chi connectivity index (χ3v) is 6.01. The van der Waals surface area contributed by atoms with Crippen LogP contribution >= 0.6 is 11.3 Å². The van der Waals surface area contributed by atoms with Gasteiger partial charge in [-0.3, -0.25) is 9.69 Å². The molecule has 4 heterocycles. The molecule has 0 bridgehead atoms. The summed E-state index contributed by atoms with van der Waals surface area (Å²) in [5.74, 6) is -3.63. The van der Waals surface area contributed by atoms with Gasteiger partial charge in [0.05, 0.1) is 12.6 Å². The Hall–Kier alpha value is -3.47. The van der Waals surface area contributed by atoms with E-state index in [1.54, 1.807) is 18.8 Å². The van der Waals surface area contributed by atoms with E-state index in [1.165, 1.54) is 11.3 Å². The van der Waals surface area contributed by atoms with Crippen LogP contribution in [0.15, 0.2) is 29.2 Å². The van der Waals surface area contributed by atoms with Crippen LogP contribution < -0.4 is 4.74 Å². The number of ether oxygens (including phenoxy) is 1. The lowest BCUT2D eigenvalue weighted by Gasteiger charge is -2.21. The Balaban J connectivity index is 0.000000301. The van der Waals surface area contributed by atoms with Gasteiger partial charge in [0.1, 0.15) is 5.69 Å². The number of carboxylic acids is 2. The summed E-state index contributed by atoms with van der Waals surface area (Å²) < 4.78 is 68.8. The van der Waals surface area contributed by atoms with Crippen LogP contribution in [0.4, 0.5) is 26.3 Å². The highest BCUT2D eigenvalue weighted by atomic mass is 32.1. The van der Waals surface area contributed by atoms with E-state index in [-0.39, 0.29) is 5.91 Å². The molecular weight excluding hydrogens is 550 g/mol. The molecule has 0 unspecified atom stereocenters. The maximum atomic E-state index is 12.4. The molecule has 0 aromatic carbocycles. The number of methoxy groups -OCH3 is 1. The SMILES string of the molecule is COc1ncccc1CN1C[C@@H]2CN(C(=O)c3cscn3)C[C@@H]2C1.O=C(O)C(F)(F)F.O=C(O)C(F)(F)F. The number of likely N-dealkylation sites (tertiary alicyclic amines) is 2. The Morgan fingerprint density at radius 3 is 1.95 bits per heavy atom. The number of aromatic nitrogens is 2. The fourth-order valence-corrected chi connectivity index (χ4v) is 4.36. The van der Waals surface area contributed by atoms with Gasteiger partial charge in [0.25, 0.3) is 5.91 Å². The molecule has 0 radical (unpaired) electrons. The number of carboxylic acid groups (broad SMARTS) is 2. The molecule has 10 nitrogen and oxygen atoms in total. The smallest absolute Gasteiger partial charge is 0.481 e. The summed E-state index contributed by atoms with van der Waals surface area (Å²) in [6, 6.07) is 4.01. The molecule has 38 heavy (non-hydrogen) atoms. The second-order valence-electron chi connectivity index (χ2n) is 8.08. The lowest BCUT2D eigenvalue weighted by atomic mass is 10.0. The lowest BCUT2D eigenvalue weighted by Crippen LogP contribution is -2.33. The van der Waals surface area contributed by atoms with Gasteiger partial charge in [-0.15, -0.1) is 11.3 Å². The molecule has 0 aliphatic carbocycles. The minimum absolute atomic E-state index is 0.0751. The third-order valence-electron chi connectivity index (χ3n) is 5.42. The predicted octanol–water partition coefficient (Wildman–Crippen LogP) is 3.02. The van der Waals surface area contributed by atoms with Crippen molar-refractivity contribution in [3.8, 4) is 5.88 Å². The van der Waals surface area contributed by atoms with Gasteiger partial charge in [0, 0.05) is 49.9 Å². The number of thiazole rings is 1. The predicted molar refractivity (Wildman–Crippen MR) is 118 cm³/mol. The van der Waals surface area contributed by atoms with Crippen LogP contribution in [-0.2, 0) is 16.1 Å². The first-order valence-corrected chi connectivity index (χ1v) is 11.6. The first-order valence-electron chi connectivity index (χ1n) is 10.6. The average Bonchev–Trinajstić information content (AvgIpc) is 3.56. The van der Waals surface area contributed by atoms with Gasteiger partial charge in [0.15, 0.2) is 0 Å². The standard InChI is InChI=1S/C17H20N4O2S.2C2HF3O2/c1-23-16-12(3-2-4-18-16)5-20-6-13-8-21(9-14(13)7-20)17(22)15-10-24-11-19-15;2*3-2(4,5)1(6)7/h2-4,10-11,13-14H,5-9H2,1H3;2*(H,6,7)/t13-,14+;;. The molecule has 2 aromatic heterocycles. The van der Waals surface area contributed by atoms with Crippen molar-refractivity contribution < 1.29 is 55.7 Å². The number of aliphatic carboxylic acids is 2. The van der Waals surface area contributed by atoms with Gasteiger partial charge in [-0.2, -0.15) is 26.3 Å². The fourth-order valence-electron chi connectivity index (χ4n) is 3.83. The maximum absolute atomic E-state index is 12.4. The van der Waals surface area contributed by atoms with Crippen molar-refractivity contribution in [3.05, 3.63) is 40.5 Å². The van der Waals surface area contributed by atoms with Crippen LogP contribution in [0.3, 0.4) is 0 Å². The van der Waals surface area contributed by atoms with E-state index in [2.05, 4.69) is 20.9 Å². The van der Waals surface area contributed by atoms with Crippen molar-refractivity contribution >= 4 is 29.2 Å². The number of nitrogens with zero attached hydrogens (tertiary/aromatic N) is 4. The summed E-state index contributed by atoms with van der Waals surface area (Å²) >= 11 is 1.47. The molecular formula is C21H22F6N4O6S. The van der Waals surface area contributed by atoms with Crippen molar-refractivity contribution in [1.82, 2.24) is 19.8 Å². The van der Waals surface area contributed by atoms with Gasteiger partial charge >= 0.3 is 24.3 Å². The normalized spacial score (nSPS) is 19.0. The van der Waals surface area contributed by atoms with Crippen LogP contribution in [0.1, 0.15) is 16.1 Å². The molecule has 2 aromatic rings. The second kappa shape index (κ2) is 12.9. The Labute approximate surface area is 215 Å². The second-order valence-corrected chi connectivity index (χ2v) is 8.79. The summed E-state index contributed by atoms with van der Waals surface area (Å²) in [5.41, 5.74) is 3.42. The molecule has 210 valence electrons. The topological polar surface area (TPSA) is 133 Å². The highest BCUT2D eigenvalue weighted by molar-refractivity contribution is 7.07. The molecule has 2 fully saturated rings. The number of amides is 1. The van der Waals surface area contributed by atoms with Crippen LogP contribution in [0.5, 0.6) is 5.88 Å². The van der Waals surface area contributed by atoms with Crippen molar-refractivity contribution in [1.29, 1.82) is 0 Å². The van der Waals surface area contributed by atoms with Crippen LogP contribution in [-0.4, -0.2) is 93.5 Å². The molecule has 2 saturated heterocycles. The molecule has 17 heteroatoms. The van der Waals surface area contributed by atoms with Crippen LogP contribution in [0.2, 0.25) is 0 Å². The zero-order valence-corrected chi connectivity index (χ0v) is 20.4. The summed E-state index contributed by atoms with van der Waals surface area (Å²) in [5, 5.41) is 16.1. The molecule has 2 N–H and O–H groups in total. The van der Waals surface area contributed by atoms with Crippen LogP contribution in [0.25, 0.3) is 0 Å². The number of pyridine rings is 1. The van der Waals surface area contributed by atoms with Gasteiger partial charge < -0.3 is 19.8 Å². The molecule has 2 atom stereocenters. The minimum Gasteiger partial charge on any atom is -0.481 e. The summed E-state index contributed by atoms with van der Waals surface area (Å²) in [4.78, 5) is 43.0. The van der Waals surface area contributed by atoms with E-state index in [0.29, 0.717) is 23.4 Å². The Morgan fingerprint density at radius 2 is 1.53 bits per heavy atom. The molecule has 0 spiro atoms. The molecule has 2 aliphatic heterocycles. The number of hydrogen-bond acceptors (Lipinski definition) is 8. The quantitative estimate of drug-likeness (QED) is 0.531. The minimum atomic E-state index is -5.08. The Kier molecular flexibility index (Phi) is 10.4. The Morgan fingerprint density at radius 1 is 1.00 bits per heavy atom. The van der Waals surface area contributed by atoms with Crippen molar-refractivity contribution in [2.75, 3.05) is 33.3 Å². The van der Waals surface area contributed by atoms with E-state index in [4.69, 9.17) is 24.5 Å². The van der Waals surface area contributed by atoms with Gasteiger partial charge in [0.2, 0.25) is 5.88 Å². The van der Waals surface area contributed by atoms with Crippen LogP contribution in [0, 0.1) is 11.8 Å². The molecule has 2 aliphatic rings. The van der Waals surface area contributed by atoms with Crippen molar-refractivity contribution in [2.45, 2.75) is 18.9 Å². The van der Waals surface area contributed by atoms with Gasteiger partial charge in [-0.25, -0.2) is 19.6 Å². The third kappa shape index (κ3) is 8.83. The van der Waals surface area contributed by atoms with Crippen molar-refractivity contribution in [2.24, 2.45) is 11.8 Å². The fraction of sp³-hybridized carbons (Fsp3) is 0.476. The number of carbonyl (C=O) groups is 3. The van der Waals surface area contributed by atoms with E-state index >= 15 is 0 Å². The van der Waals surface area contributed by atoms with E-state index in [1.807, 2.05) is 16.3 Å². The molecule has 4 rings (SSSR count). The number of fused-ring (bicyclic) bond motifs is 1. The highest BCUT2D eigenvalue weighted by Crippen LogP contribution is 2.33. The number of halogens is 6. The lowest BCUT2D eigenvalue weighted by molar-refractivity contribution is -0.193. The summed E-state index contributed by atoms with van der Waals surface area (Å²) in [6.45, 7) is 4.56. The first-order chi connectivity index (χ1) is 17.6. The highest BCUT2D eigenvalue weighted by Gasteiger charge is 2.42. The zero-order valence-electron chi connectivity index (χ0n) is 19.6. The number of carbonyl (C=O) groups excluding carboxylic acids is 1. The van der Waals surface area contributed by atoms with E-state index < -0.39 is 24.3 Å². The first kappa shape index (κ1) is 30.8.